The molecular weight excluding hydrogens is 366 g/mol. The van der Waals surface area contributed by atoms with Crippen molar-refractivity contribution in [2.24, 2.45) is 0 Å². The van der Waals surface area contributed by atoms with Gasteiger partial charge in [0.05, 0.1) is 16.7 Å². The quantitative estimate of drug-likeness (QED) is 0.782. The summed E-state index contributed by atoms with van der Waals surface area (Å²) in [5.41, 5.74) is 1.21. The van der Waals surface area contributed by atoms with Gasteiger partial charge in [0.1, 0.15) is 12.3 Å². The van der Waals surface area contributed by atoms with E-state index in [9.17, 15) is 18.3 Å². The van der Waals surface area contributed by atoms with Crippen LogP contribution in [0.4, 0.5) is 5.69 Å². The first kappa shape index (κ1) is 19.2. The molecule has 2 aromatic rings. The highest BCUT2D eigenvalue weighted by Crippen LogP contribution is 2.28. The molecule has 0 bridgehead atoms. The summed E-state index contributed by atoms with van der Waals surface area (Å²) in [5.74, 6) is -0.564. The molecule has 0 amide bonds. The molecule has 3 rings (SSSR count). The summed E-state index contributed by atoms with van der Waals surface area (Å²) < 4.78 is 32.7. The molecule has 27 heavy (non-hydrogen) atoms. The summed E-state index contributed by atoms with van der Waals surface area (Å²) in [7, 11) is -3.99. The molecule has 1 aliphatic rings. The van der Waals surface area contributed by atoms with Crippen LogP contribution in [-0.2, 0) is 14.8 Å². The first-order valence-electron chi connectivity index (χ1n) is 8.94. The molecule has 144 valence electrons. The van der Waals surface area contributed by atoms with Gasteiger partial charge in [-0.2, -0.15) is 0 Å². The minimum absolute atomic E-state index is 0.0561. The second-order valence-electron chi connectivity index (χ2n) is 6.74. The third-order valence-corrected chi connectivity index (χ3v) is 6.41. The van der Waals surface area contributed by atoms with Crippen LogP contribution < -0.4 is 9.04 Å². The van der Waals surface area contributed by atoms with Gasteiger partial charge in [0.2, 0.25) is 0 Å². The molecule has 0 atom stereocenters. The Balaban J connectivity index is 1.87. The van der Waals surface area contributed by atoms with Gasteiger partial charge in [0.25, 0.3) is 10.0 Å². The van der Waals surface area contributed by atoms with Crippen molar-refractivity contribution >= 4 is 21.7 Å². The number of sulfonamides is 1. The van der Waals surface area contributed by atoms with Crippen LogP contribution in [0, 0.1) is 6.92 Å². The zero-order valence-electron chi connectivity index (χ0n) is 15.2. The first-order valence-corrected chi connectivity index (χ1v) is 10.4. The van der Waals surface area contributed by atoms with Gasteiger partial charge in [-0.05, 0) is 69.0 Å². The molecule has 0 saturated heterocycles. The molecule has 0 unspecified atom stereocenters. The molecule has 1 N–H and O–H groups in total. The molecular formula is C20H23NO5S. The van der Waals surface area contributed by atoms with E-state index in [1.165, 1.54) is 12.1 Å². The number of carboxylic acid groups (broad SMARTS) is 1. The average molecular weight is 389 g/mol. The zero-order valence-corrected chi connectivity index (χ0v) is 16.0. The maximum atomic E-state index is 13.0. The van der Waals surface area contributed by atoms with Gasteiger partial charge in [-0.3, -0.25) is 9.10 Å². The Bertz CT molecular complexity index is 885. The minimum atomic E-state index is -3.99. The lowest BCUT2D eigenvalue weighted by Crippen LogP contribution is -2.35. The molecule has 0 spiro atoms. The van der Waals surface area contributed by atoms with Gasteiger partial charge < -0.3 is 9.84 Å². The normalized spacial score (nSPS) is 14.9. The van der Waals surface area contributed by atoms with Crippen molar-refractivity contribution in [3.63, 3.8) is 0 Å². The van der Waals surface area contributed by atoms with Crippen molar-refractivity contribution in [2.45, 2.75) is 43.6 Å². The van der Waals surface area contributed by atoms with Gasteiger partial charge in [-0.1, -0.05) is 17.7 Å². The van der Waals surface area contributed by atoms with E-state index in [-0.39, 0.29) is 16.7 Å². The summed E-state index contributed by atoms with van der Waals surface area (Å²) in [4.78, 5) is 11.3. The van der Waals surface area contributed by atoms with Crippen LogP contribution in [0.15, 0.2) is 53.4 Å². The standard InChI is InChI=1S/C20H23NO5S/c1-15-6-12-19(13-7-15)27(24,25)21(14-20(22)23)16-8-10-18(11-9-16)26-17-4-2-3-5-17/h6-13,17H,2-5,14H2,1H3,(H,22,23). The highest BCUT2D eigenvalue weighted by atomic mass is 32.2. The molecule has 0 aliphatic heterocycles. The Hall–Kier alpha value is -2.54. The van der Waals surface area contributed by atoms with E-state index < -0.39 is 22.5 Å². The van der Waals surface area contributed by atoms with Crippen molar-refractivity contribution in [1.82, 2.24) is 0 Å². The van der Waals surface area contributed by atoms with Crippen molar-refractivity contribution in [2.75, 3.05) is 10.8 Å². The average Bonchev–Trinajstić information content (AvgIpc) is 3.14. The van der Waals surface area contributed by atoms with Gasteiger partial charge in [0.15, 0.2) is 0 Å². The van der Waals surface area contributed by atoms with Crippen LogP contribution in [0.25, 0.3) is 0 Å². The third-order valence-electron chi connectivity index (χ3n) is 4.62. The molecule has 0 heterocycles. The molecule has 7 heteroatoms. The summed E-state index contributed by atoms with van der Waals surface area (Å²) in [6, 6.07) is 12.9. The third kappa shape index (κ3) is 4.60. The number of benzene rings is 2. The Labute approximate surface area is 159 Å². The predicted molar refractivity (Wildman–Crippen MR) is 103 cm³/mol. The highest BCUT2D eigenvalue weighted by molar-refractivity contribution is 7.92. The number of rotatable bonds is 7. The molecule has 1 aliphatic carbocycles. The molecule has 2 aromatic carbocycles. The fourth-order valence-electron chi connectivity index (χ4n) is 3.16. The number of aryl methyl sites for hydroxylation is 1. The number of carbonyl (C=O) groups is 1. The van der Waals surface area contributed by atoms with E-state index in [0.29, 0.717) is 5.75 Å². The molecule has 0 aromatic heterocycles. The van der Waals surface area contributed by atoms with Gasteiger partial charge in [-0.25, -0.2) is 8.42 Å². The number of anilines is 1. The lowest BCUT2D eigenvalue weighted by Gasteiger charge is -2.23. The Kier molecular flexibility index (Phi) is 5.70. The van der Waals surface area contributed by atoms with Gasteiger partial charge in [-0.15, -0.1) is 0 Å². The number of carboxylic acids is 1. The van der Waals surface area contributed by atoms with Crippen molar-refractivity contribution < 1.29 is 23.1 Å². The smallest absolute Gasteiger partial charge is 0.324 e. The van der Waals surface area contributed by atoms with Crippen LogP contribution in [0.2, 0.25) is 0 Å². The number of hydrogen-bond donors (Lipinski definition) is 1. The molecule has 1 fully saturated rings. The highest BCUT2D eigenvalue weighted by Gasteiger charge is 2.27. The fraction of sp³-hybridized carbons (Fsp3) is 0.350. The Morgan fingerprint density at radius 2 is 1.67 bits per heavy atom. The maximum absolute atomic E-state index is 13.0. The lowest BCUT2D eigenvalue weighted by atomic mass is 10.2. The van der Waals surface area contributed by atoms with Crippen LogP contribution in [0.5, 0.6) is 5.75 Å². The SMILES string of the molecule is Cc1ccc(S(=O)(=O)N(CC(=O)O)c2ccc(OC3CCCC3)cc2)cc1. The van der Waals surface area contributed by atoms with E-state index in [2.05, 4.69) is 0 Å². The monoisotopic (exact) mass is 389 g/mol. The summed E-state index contributed by atoms with van der Waals surface area (Å²) >= 11 is 0. The largest absolute Gasteiger partial charge is 0.490 e. The zero-order chi connectivity index (χ0) is 19.4. The van der Waals surface area contributed by atoms with E-state index in [1.807, 2.05) is 6.92 Å². The van der Waals surface area contributed by atoms with E-state index in [4.69, 9.17) is 4.74 Å². The van der Waals surface area contributed by atoms with Crippen molar-refractivity contribution in [3.8, 4) is 5.75 Å². The number of aliphatic carboxylic acids is 1. The fourth-order valence-corrected chi connectivity index (χ4v) is 4.58. The second kappa shape index (κ2) is 8.00. The first-order chi connectivity index (χ1) is 12.9. The van der Waals surface area contributed by atoms with Crippen LogP contribution in [-0.4, -0.2) is 32.1 Å². The maximum Gasteiger partial charge on any atom is 0.324 e. The lowest BCUT2D eigenvalue weighted by molar-refractivity contribution is -0.135. The van der Waals surface area contributed by atoms with Crippen molar-refractivity contribution in [3.05, 3.63) is 54.1 Å². The van der Waals surface area contributed by atoms with Crippen LogP contribution in [0.1, 0.15) is 31.2 Å². The summed E-state index contributed by atoms with van der Waals surface area (Å²) in [6.07, 6.45) is 4.55. The number of hydrogen-bond acceptors (Lipinski definition) is 4. The van der Waals surface area contributed by atoms with E-state index in [1.54, 1.807) is 36.4 Å². The van der Waals surface area contributed by atoms with E-state index >= 15 is 0 Å². The molecule has 1 saturated carbocycles. The van der Waals surface area contributed by atoms with Crippen molar-refractivity contribution in [1.29, 1.82) is 0 Å². The van der Waals surface area contributed by atoms with Gasteiger partial charge >= 0.3 is 5.97 Å². The predicted octanol–water partition coefficient (Wildman–Crippen LogP) is 3.60. The van der Waals surface area contributed by atoms with Crippen LogP contribution >= 0.6 is 0 Å². The number of ether oxygens (including phenoxy) is 1. The van der Waals surface area contributed by atoms with E-state index in [0.717, 1.165) is 35.6 Å². The summed E-state index contributed by atoms with van der Waals surface area (Å²) in [6.45, 7) is 1.20. The summed E-state index contributed by atoms with van der Waals surface area (Å²) in [5, 5.41) is 9.21. The Morgan fingerprint density at radius 1 is 1.07 bits per heavy atom. The molecule has 6 nitrogen and oxygen atoms in total. The molecule has 0 radical (unpaired) electrons. The second-order valence-corrected chi connectivity index (χ2v) is 8.60. The number of nitrogens with zero attached hydrogens (tertiary/aromatic N) is 1. The minimum Gasteiger partial charge on any atom is -0.490 e. The Morgan fingerprint density at radius 3 is 2.22 bits per heavy atom. The van der Waals surface area contributed by atoms with Crippen LogP contribution in [0.3, 0.4) is 0 Å². The topological polar surface area (TPSA) is 83.9 Å². The van der Waals surface area contributed by atoms with Gasteiger partial charge in [0, 0.05) is 0 Å².